The van der Waals surface area contributed by atoms with Crippen molar-refractivity contribution in [2.75, 3.05) is 17.3 Å². The van der Waals surface area contributed by atoms with Crippen LogP contribution in [0.3, 0.4) is 0 Å². The van der Waals surface area contributed by atoms with Gasteiger partial charge in [0.05, 0.1) is 5.69 Å². The Hall–Kier alpha value is -4.41. The zero-order valence-corrected chi connectivity index (χ0v) is 19.9. The number of fused-ring (bicyclic) bond motifs is 1. The van der Waals surface area contributed by atoms with Gasteiger partial charge in [0, 0.05) is 15.7 Å². The van der Waals surface area contributed by atoms with Crippen molar-refractivity contribution in [3.8, 4) is 11.4 Å². The Morgan fingerprint density at radius 1 is 0.917 bits per heavy atom. The number of para-hydroxylation sites is 1. The molecule has 0 aliphatic rings. The summed E-state index contributed by atoms with van der Waals surface area (Å²) in [5.74, 6) is -0.0363. The Balaban J connectivity index is 1.53. The molecule has 1 amide bonds. The number of halogens is 2. The average Bonchev–Trinajstić information content (AvgIpc) is 3.31. The van der Waals surface area contributed by atoms with E-state index in [4.69, 9.17) is 27.9 Å². The van der Waals surface area contributed by atoms with Gasteiger partial charge >= 0.3 is 5.56 Å². The van der Waals surface area contributed by atoms with Crippen LogP contribution >= 0.6 is 23.2 Å². The van der Waals surface area contributed by atoms with Gasteiger partial charge in [-0.15, -0.1) is 5.10 Å². The number of anilines is 2. The van der Waals surface area contributed by atoms with Crippen molar-refractivity contribution in [2.45, 2.75) is 0 Å². The summed E-state index contributed by atoms with van der Waals surface area (Å²) in [7, 11) is 0. The Labute approximate surface area is 214 Å². The van der Waals surface area contributed by atoms with Crippen molar-refractivity contribution >= 4 is 51.9 Å². The van der Waals surface area contributed by atoms with E-state index in [-0.39, 0.29) is 23.7 Å². The Morgan fingerprint density at radius 2 is 1.58 bits per heavy atom. The summed E-state index contributed by atoms with van der Waals surface area (Å²) in [6.07, 6.45) is 0. The lowest BCUT2D eigenvalue weighted by Crippen LogP contribution is -2.37. The molecular formula is C24H17Cl2N7O3. The fourth-order valence-corrected chi connectivity index (χ4v) is 3.55. The second-order valence-corrected chi connectivity index (χ2v) is 8.37. The topological polar surface area (TPSA) is 116 Å². The molecule has 2 heterocycles. The molecule has 3 aromatic carbocycles. The van der Waals surface area contributed by atoms with E-state index in [2.05, 4.69) is 26.0 Å². The van der Waals surface area contributed by atoms with Gasteiger partial charge in [-0.2, -0.15) is 14.3 Å². The standard InChI is InChI=1S/C24H17Cl2N7O3/c25-15-6-10-17(11-7-15)27-24-28-22-21(29-31-32(22)18-12-8-16(26)9-13-18)23(35)33(24)30-20(34)14-36-19-4-2-1-3-5-19/h1-13H,14H2,(H,27,28)(H,30,34). The van der Waals surface area contributed by atoms with E-state index in [0.29, 0.717) is 27.2 Å². The van der Waals surface area contributed by atoms with Crippen molar-refractivity contribution in [2.24, 2.45) is 0 Å². The van der Waals surface area contributed by atoms with Crippen LogP contribution in [0.4, 0.5) is 11.6 Å². The molecule has 36 heavy (non-hydrogen) atoms. The molecule has 0 unspecified atom stereocenters. The first kappa shape index (κ1) is 23.3. The fourth-order valence-electron chi connectivity index (χ4n) is 3.30. The third-order valence-corrected chi connectivity index (χ3v) is 5.50. The van der Waals surface area contributed by atoms with Crippen molar-refractivity contribution < 1.29 is 9.53 Å². The average molecular weight is 522 g/mol. The molecule has 2 aromatic heterocycles. The predicted octanol–water partition coefficient (Wildman–Crippen LogP) is 4.18. The summed E-state index contributed by atoms with van der Waals surface area (Å²) in [5.41, 5.74) is 3.21. The number of amides is 1. The maximum absolute atomic E-state index is 13.4. The minimum Gasteiger partial charge on any atom is -0.484 e. The van der Waals surface area contributed by atoms with Gasteiger partial charge in [-0.1, -0.05) is 46.6 Å². The number of nitrogens with zero attached hydrogens (tertiary/aromatic N) is 5. The first-order valence-corrected chi connectivity index (χ1v) is 11.4. The maximum atomic E-state index is 13.4. The van der Waals surface area contributed by atoms with Gasteiger partial charge < -0.3 is 10.1 Å². The van der Waals surface area contributed by atoms with Crippen molar-refractivity contribution in [3.63, 3.8) is 0 Å². The maximum Gasteiger partial charge on any atom is 0.304 e. The molecule has 0 aliphatic carbocycles. The summed E-state index contributed by atoms with van der Waals surface area (Å²) < 4.78 is 7.86. The highest BCUT2D eigenvalue weighted by Crippen LogP contribution is 2.20. The van der Waals surface area contributed by atoms with Crippen molar-refractivity contribution in [3.05, 3.63) is 99.3 Å². The van der Waals surface area contributed by atoms with Crippen LogP contribution in [0.1, 0.15) is 0 Å². The molecule has 0 radical (unpaired) electrons. The SMILES string of the molecule is O=C(COc1ccccc1)Nn1c(Nc2ccc(Cl)cc2)nc2c(nnn2-c2ccc(Cl)cc2)c1=O. The largest absolute Gasteiger partial charge is 0.484 e. The van der Waals surface area contributed by atoms with E-state index in [1.165, 1.54) is 4.68 Å². The Bertz CT molecular complexity index is 1590. The first-order chi connectivity index (χ1) is 17.5. The number of nitrogens with one attached hydrogen (secondary N) is 2. The minimum atomic E-state index is -0.635. The van der Waals surface area contributed by atoms with Crippen LogP contribution in [0, 0.1) is 0 Å². The van der Waals surface area contributed by atoms with Gasteiger partial charge in [0.1, 0.15) is 5.75 Å². The number of carbonyl (C=O) groups excluding carboxylic acids is 1. The van der Waals surface area contributed by atoms with E-state index >= 15 is 0 Å². The normalized spacial score (nSPS) is 10.8. The summed E-state index contributed by atoms with van der Waals surface area (Å²) in [5, 5.41) is 12.2. The fraction of sp³-hybridized carbons (Fsp3) is 0.0417. The zero-order valence-electron chi connectivity index (χ0n) is 18.4. The van der Waals surface area contributed by atoms with Crippen LogP contribution < -0.4 is 21.0 Å². The highest BCUT2D eigenvalue weighted by atomic mass is 35.5. The first-order valence-electron chi connectivity index (χ1n) is 10.6. The predicted molar refractivity (Wildman–Crippen MR) is 137 cm³/mol. The van der Waals surface area contributed by atoms with E-state index in [0.717, 1.165) is 4.68 Å². The molecule has 0 saturated heterocycles. The number of hydrogen-bond donors (Lipinski definition) is 2. The van der Waals surface area contributed by atoms with Crippen LogP contribution in [0.25, 0.3) is 16.9 Å². The molecule has 0 atom stereocenters. The van der Waals surface area contributed by atoms with Gasteiger partial charge in [0.2, 0.25) is 5.95 Å². The van der Waals surface area contributed by atoms with E-state index < -0.39 is 11.5 Å². The molecule has 10 nitrogen and oxygen atoms in total. The zero-order chi connectivity index (χ0) is 25.1. The van der Waals surface area contributed by atoms with Crippen molar-refractivity contribution in [1.82, 2.24) is 24.7 Å². The lowest BCUT2D eigenvalue weighted by molar-refractivity contribution is -0.119. The molecule has 0 saturated carbocycles. The number of ether oxygens (including phenoxy) is 1. The molecular weight excluding hydrogens is 505 g/mol. The lowest BCUT2D eigenvalue weighted by Gasteiger charge is -2.15. The quantitative estimate of drug-likeness (QED) is 0.330. The molecule has 2 N–H and O–H groups in total. The molecule has 12 heteroatoms. The summed E-state index contributed by atoms with van der Waals surface area (Å²) in [6.45, 7) is -0.327. The third kappa shape index (κ3) is 4.99. The minimum absolute atomic E-state index is 0.0281. The number of hydrogen-bond acceptors (Lipinski definition) is 7. The van der Waals surface area contributed by atoms with Gasteiger partial charge in [-0.3, -0.25) is 15.0 Å². The number of aromatic nitrogens is 5. The number of carbonyl (C=O) groups is 1. The second kappa shape index (κ2) is 10.1. The van der Waals surface area contributed by atoms with Gasteiger partial charge in [-0.25, -0.2) is 0 Å². The van der Waals surface area contributed by atoms with Crippen LogP contribution in [0.15, 0.2) is 83.7 Å². The number of rotatable bonds is 7. The highest BCUT2D eigenvalue weighted by molar-refractivity contribution is 6.30. The Kier molecular flexibility index (Phi) is 6.52. The summed E-state index contributed by atoms with van der Waals surface area (Å²) in [6, 6.07) is 22.4. The molecule has 0 aliphatic heterocycles. The summed E-state index contributed by atoms with van der Waals surface area (Å²) in [4.78, 5) is 30.6. The van der Waals surface area contributed by atoms with Crippen LogP contribution in [-0.4, -0.2) is 37.2 Å². The smallest absolute Gasteiger partial charge is 0.304 e. The van der Waals surface area contributed by atoms with Crippen LogP contribution in [-0.2, 0) is 4.79 Å². The van der Waals surface area contributed by atoms with Crippen LogP contribution in [0.5, 0.6) is 5.75 Å². The molecule has 0 fully saturated rings. The van der Waals surface area contributed by atoms with Gasteiger partial charge in [0.15, 0.2) is 17.8 Å². The molecule has 180 valence electrons. The molecule has 5 rings (SSSR count). The van der Waals surface area contributed by atoms with E-state index in [1.54, 1.807) is 72.8 Å². The van der Waals surface area contributed by atoms with Crippen LogP contribution in [0.2, 0.25) is 10.0 Å². The molecule has 0 bridgehead atoms. The lowest BCUT2D eigenvalue weighted by atomic mass is 10.3. The third-order valence-electron chi connectivity index (χ3n) is 5.00. The summed E-state index contributed by atoms with van der Waals surface area (Å²) >= 11 is 12.0. The monoisotopic (exact) mass is 521 g/mol. The molecule has 5 aromatic rings. The molecule has 0 spiro atoms. The van der Waals surface area contributed by atoms with E-state index in [9.17, 15) is 9.59 Å². The van der Waals surface area contributed by atoms with Crippen molar-refractivity contribution in [1.29, 1.82) is 0 Å². The van der Waals surface area contributed by atoms with Gasteiger partial charge in [0.25, 0.3) is 5.91 Å². The second-order valence-electron chi connectivity index (χ2n) is 7.49. The van der Waals surface area contributed by atoms with Gasteiger partial charge in [-0.05, 0) is 60.7 Å². The Morgan fingerprint density at radius 3 is 2.28 bits per heavy atom. The number of benzene rings is 3. The highest BCUT2D eigenvalue weighted by Gasteiger charge is 2.20. The van der Waals surface area contributed by atoms with E-state index in [1.807, 2.05) is 6.07 Å².